The van der Waals surface area contributed by atoms with E-state index >= 15 is 0 Å². The highest BCUT2D eigenvalue weighted by Crippen LogP contribution is 2.64. The molecule has 4 aliphatic rings. The molecule has 9 rings (SSSR count). The summed E-state index contributed by atoms with van der Waals surface area (Å²) in [6.07, 6.45) is 32.1. The third-order valence-corrected chi connectivity index (χ3v) is 13.1. The van der Waals surface area contributed by atoms with Crippen LogP contribution in [0.25, 0.3) is 34.2 Å². The molecule has 3 aliphatic carbocycles. The lowest BCUT2D eigenvalue weighted by Crippen LogP contribution is -2.34. The zero-order valence-electron chi connectivity index (χ0n) is 33.6. The number of nitrogens with zero attached hydrogens (tertiary/aromatic N) is 3. The molecule has 0 saturated carbocycles. The van der Waals surface area contributed by atoms with E-state index in [-0.39, 0.29) is 5.92 Å². The molecule has 1 N–H and O–H groups in total. The topological polar surface area (TPSA) is 62.5 Å². The first-order valence-corrected chi connectivity index (χ1v) is 21.4. The van der Waals surface area contributed by atoms with Gasteiger partial charge in [0.15, 0.2) is 17.5 Å². The van der Waals surface area contributed by atoms with Gasteiger partial charge in [0.2, 0.25) is 0 Å². The lowest BCUT2D eigenvalue weighted by molar-refractivity contribution is 0.688. The van der Waals surface area contributed by atoms with Crippen LogP contribution in [0.2, 0.25) is 0 Å². The third kappa shape index (κ3) is 6.99. The lowest BCUT2D eigenvalue weighted by Gasteiger charge is -2.43. The van der Waals surface area contributed by atoms with Gasteiger partial charge in [-0.3, -0.25) is 0 Å². The highest BCUT2D eigenvalue weighted by molar-refractivity contribution is 8.03. The van der Waals surface area contributed by atoms with E-state index in [1.807, 2.05) is 48.2 Å². The van der Waals surface area contributed by atoms with Crippen molar-refractivity contribution in [3.63, 3.8) is 0 Å². The van der Waals surface area contributed by atoms with Crippen LogP contribution in [0.15, 0.2) is 205 Å². The van der Waals surface area contributed by atoms with Gasteiger partial charge in [0.05, 0.1) is 5.41 Å². The maximum Gasteiger partial charge on any atom is 0.164 e. The Labute approximate surface area is 357 Å². The molecular formula is C55H46N4S. The van der Waals surface area contributed by atoms with Gasteiger partial charge >= 0.3 is 0 Å². The van der Waals surface area contributed by atoms with Gasteiger partial charge in [-0.05, 0) is 94.1 Å². The van der Waals surface area contributed by atoms with Gasteiger partial charge in [0, 0.05) is 32.8 Å². The summed E-state index contributed by atoms with van der Waals surface area (Å²) >= 11 is 1.86. The SMILES string of the molecule is C=C/C=C\C=C\c1nc(C(=C)/C=C\C=C)nc(-c2ccc3c(c2)SC2=CC(C4=CCC(c5ccccc5CCC=N)C=C4)CC=C2C32c3ccccc3-c3ccccc32)n1. The van der Waals surface area contributed by atoms with Crippen molar-refractivity contribution in [2.75, 3.05) is 0 Å². The number of nitrogens with one attached hydrogen (secondary N) is 1. The number of rotatable bonds is 12. The lowest BCUT2D eigenvalue weighted by atomic mass is 9.65. The molecule has 1 spiro atoms. The Bertz CT molecular complexity index is 2740. The summed E-state index contributed by atoms with van der Waals surface area (Å²) in [5, 5.41) is 7.58. The molecule has 0 radical (unpaired) electrons. The molecule has 4 aromatic carbocycles. The smallest absolute Gasteiger partial charge is 0.164 e. The highest BCUT2D eigenvalue weighted by Gasteiger charge is 2.52. The molecule has 0 amide bonds. The third-order valence-electron chi connectivity index (χ3n) is 12.0. The molecule has 0 fully saturated rings. The summed E-state index contributed by atoms with van der Waals surface area (Å²) < 4.78 is 0. The zero-order valence-corrected chi connectivity index (χ0v) is 34.4. The second-order valence-electron chi connectivity index (χ2n) is 15.4. The van der Waals surface area contributed by atoms with Gasteiger partial charge in [-0.1, -0.05) is 189 Å². The van der Waals surface area contributed by atoms with Gasteiger partial charge in [0.1, 0.15) is 0 Å². The number of aryl methyl sites for hydroxylation is 1. The molecule has 60 heavy (non-hydrogen) atoms. The normalized spacial score (nSPS) is 18.4. The molecule has 0 bridgehead atoms. The predicted molar refractivity (Wildman–Crippen MR) is 252 cm³/mol. The molecule has 1 aromatic heterocycles. The number of aromatic nitrogens is 3. The number of benzene rings is 4. The van der Waals surface area contributed by atoms with E-state index in [1.165, 1.54) is 66.1 Å². The average Bonchev–Trinajstić information content (AvgIpc) is 3.59. The first kappa shape index (κ1) is 38.8. The largest absolute Gasteiger partial charge is 0.313 e. The molecule has 1 aliphatic heterocycles. The van der Waals surface area contributed by atoms with Crippen LogP contribution >= 0.6 is 11.8 Å². The molecule has 2 heterocycles. The fourth-order valence-electron chi connectivity index (χ4n) is 9.26. The fraction of sp³-hybridized carbons (Fsp3) is 0.127. The summed E-state index contributed by atoms with van der Waals surface area (Å²) in [6, 6.07) is 33.4. The number of allylic oxidation sites excluding steroid dienone is 15. The van der Waals surface area contributed by atoms with Crippen LogP contribution in [0.3, 0.4) is 0 Å². The van der Waals surface area contributed by atoms with Crippen molar-refractivity contribution in [1.82, 2.24) is 15.0 Å². The summed E-state index contributed by atoms with van der Waals surface area (Å²) in [5.74, 6) is 2.26. The van der Waals surface area contributed by atoms with Crippen molar-refractivity contribution < 1.29 is 0 Å². The summed E-state index contributed by atoms with van der Waals surface area (Å²) in [6.45, 7) is 11.9. The van der Waals surface area contributed by atoms with E-state index in [1.54, 1.807) is 12.2 Å². The van der Waals surface area contributed by atoms with Crippen LogP contribution in [0.5, 0.6) is 0 Å². The number of hydrogen-bond acceptors (Lipinski definition) is 5. The van der Waals surface area contributed by atoms with Crippen molar-refractivity contribution in [2.24, 2.45) is 5.92 Å². The van der Waals surface area contributed by atoms with Gasteiger partial charge in [0.25, 0.3) is 0 Å². The molecule has 5 heteroatoms. The van der Waals surface area contributed by atoms with Crippen LogP contribution in [-0.4, -0.2) is 21.2 Å². The first-order chi connectivity index (χ1) is 29.5. The van der Waals surface area contributed by atoms with Crippen molar-refractivity contribution in [1.29, 1.82) is 5.41 Å². The van der Waals surface area contributed by atoms with Gasteiger partial charge < -0.3 is 5.41 Å². The molecule has 2 unspecified atom stereocenters. The summed E-state index contributed by atoms with van der Waals surface area (Å²) in [4.78, 5) is 17.2. The van der Waals surface area contributed by atoms with Gasteiger partial charge in [-0.25, -0.2) is 15.0 Å². The summed E-state index contributed by atoms with van der Waals surface area (Å²) in [7, 11) is 0. The van der Waals surface area contributed by atoms with E-state index in [4.69, 9.17) is 20.4 Å². The first-order valence-electron chi connectivity index (χ1n) is 20.6. The second-order valence-corrected chi connectivity index (χ2v) is 16.5. The number of fused-ring (bicyclic) bond motifs is 9. The Morgan fingerprint density at radius 2 is 1.53 bits per heavy atom. The Kier molecular flexibility index (Phi) is 10.9. The van der Waals surface area contributed by atoms with E-state index in [2.05, 4.69) is 141 Å². The Morgan fingerprint density at radius 1 is 0.783 bits per heavy atom. The maximum atomic E-state index is 7.58. The minimum absolute atomic E-state index is 0.264. The van der Waals surface area contributed by atoms with Crippen LogP contribution in [-0.2, 0) is 11.8 Å². The zero-order chi connectivity index (χ0) is 41.1. The number of thioether (sulfide) groups is 1. The molecule has 2 atom stereocenters. The highest BCUT2D eigenvalue weighted by atomic mass is 32.2. The second kappa shape index (κ2) is 16.9. The molecular weight excluding hydrogens is 749 g/mol. The summed E-state index contributed by atoms with van der Waals surface area (Å²) in [5.41, 5.74) is 13.1. The Hall–Kier alpha value is -6.69. The van der Waals surface area contributed by atoms with Crippen molar-refractivity contribution in [2.45, 2.75) is 41.9 Å². The molecule has 0 saturated heterocycles. The van der Waals surface area contributed by atoms with Crippen molar-refractivity contribution >= 4 is 29.6 Å². The number of hydrogen-bond donors (Lipinski definition) is 1. The van der Waals surface area contributed by atoms with E-state index in [0.29, 0.717) is 29.0 Å². The quantitative estimate of drug-likeness (QED) is 0.101. The van der Waals surface area contributed by atoms with E-state index < -0.39 is 5.41 Å². The van der Waals surface area contributed by atoms with Crippen LogP contribution in [0.1, 0.15) is 64.6 Å². The fourth-order valence-corrected chi connectivity index (χ4v) is 10.6. The minimum atomic E-state index is -0.468. The predicted octanol–water partition coefficient (Wildman–Crippen LogP) is 13.6. The van der Waals surface area contributed by atoms with Crippen molar-refractivity contribution in [3.05, 3.63) is 239 Å². The Balaban J connectivity index is 1.15. The monoisotopic (exact) mass is 794 g/mol. The van der Waals surface area contributed by atoms with Crippen LogP contribution in [0, 0.1) is 11.3 Å². The van der Waals surface area contributed by atoms with Gasteiger partial charge in [-0.2, -0.15) is 0 Å². The standard InChI is InChI=1S/C55H46N4S/c1-4-6-8-9-25-52-57-53(37(3)17-7-5-2)59-54(58-52)42-31-33-49-51(36-42)60-50-35-41(38-26-28-40(29-27-38)43-20-11-10-18-39(43)19-16-34-56)30-32-48(50)55(49)46-23-14-12-21-44(46)45-22-13-15-24-47(45)55/h4-15,17-18,20-28,31-36,40-41,56H,1-3,16,19,29-30H2/b8-6-,17-7-,25-9+,56-34?. The minimum Gasteiger partial charge on any atom is -0.313 e. The van der Waals surface area contributed by atoms with Gasteiger partial charge in [-0.15, -0.1) is 0 Å². The van der Waals surface area contributed by atoms with Crippen LogP contribution < -0.4 is 0 Å². The molecule has 5 aromatic rings. The van der Waals surface area contributed by atoms with Crippen LogP contribution in [0.4, 0.5) is 0 Å². The molecule has 292 valence electrons. The Morgan fingerprint density at radius 3 is 2.28 bits per heavy atom. The van der Waals surface area contributed by atoms with E-state index in [9.17, 15) is 0 Å². The maximum absolute atomic E-state index is 7.58. The average molecular weight is 795 g/mol. The van der Waals surface area contributed by atoms with E-state index in [0.717, 1.165) is 31.2 Å². The van der Waals surface area contributed by atoms with Crippen molar-refractivity contribution in [3.8, 4) is 22.5 Å². The molecule has 4 nitrogen and oxygen atoms in total.